The van der Waals surface area contributed by atoms with Crippen LogP contribution < -0.4 is 4.72 Å². The predicted octanol–water partition coefficient (Wildman–Crippen LogP) is 2.07. The lowest BCUT2D eigenvalue weighted by atomic mass is 10.1. The molecule has 0 heterocycles. The summed E-state index contributed by atoms with van der Waals surface area (Å²) in [6.07, 6.45) is 0. The summed E-state index contributed by atoms with van der Waals surface area (Å²) in [5, 5.41) is 0. The van der Waals surface area contributed by atoms with Crippen molar-refractivity contribution >= 4 is 16.0 Å². The van der Waals surface area contributed by atoms with Gasteiger partial charge in [0.05, 0.1) is 4.75 Å². The third-order valence-electron chi connectivity index (χ3n) is 2.42. The minimum absolute atomic E-state index is 0.188. The minimum Gasteiger partial charge on any atom is -0.459 e. The van der Waals surface area contributed by atoms with E-state index in [0.717, 1.165) is 0 Å². The average Bonchev–Trinajstić information content (AvgIpc) is 2.08. The number of nitrogens with one attached hydrogen (secondary N) is 1. The van der Waals surface area contributed by atoms with Crippen LogP contribution in [0.25, 0.3) is 0 Å². The minimum atomic E-state index is -3.59. The summed E-state index contributed by atoms with van der Waals surface area (Å²) >= 11 is 0. The maximum absolute atomic E-state index is 12.1. The van der Waals surface area contributed by atoms with Gasteiger partial charge in [-0.05, 0) is 47.5 Å². The van der Waals surface area contributed by atoms with Gasteiger partial charge in [0.1, 0.15) is 11.6 Å². The van der Waals surface area contributed by atoms with Gasteiger partial charge in [0, 0.05) is 0 Å². The van der Waals surface area contributed by atoms with E-state index in [1.807, 2.05) is 0 Å². The molecule has 0 bridgehead atoms. The molecule has 0 saturated carbocycles. The molecule has 0 aliphatic rings. The Hall–Kier alpha value is -0.620. The fourth-order valence-electron chi connectivity index (χ4n) is 1.17. The summed E-state index contributed by atoms with van der Waals surface area (Å²) in [7, 11) is -3.59. The first-order chi connectivity index (χ1) is 8.17. The number of rotatable bonds is 4. The molecule has 0 amide bonds. The van der Waals surface area contributed by atoms with Gasteiger partial charge in [-0.2, -0.15) is 0 Å². The van der Waals surface area contributed by atoms with E-state index in [9.17, 15) is 13.2 Å². The number of carbonyl (C=O) groups is 1. The lowest BCUT2D eigenvalue weighted by Gasteiger charge is -2.29. The third kappa shape index (κ3) is 5.91. The fourth-order valence-corrected chi connectivity index (χ4v) is 2.22. The highest BCUT2D eigenvalue weighted by Gasteiger charge is 2.36. The number of hydrogen-bond acceptors (Lipinski definition) is 4. The highest BCUT2D eigenvalue weighted by atomic mass is 32.2. The molecule has 0 spiro atoms. The second-order valence-corrected chi connectivity index (χ2v) is 9.46. The number of ether oxygens (including phenoxy) is 1. The molecule has 114 valence electrons. The molecule has 0 saturated heterocycles. The van der Waals surface area contributed by atoms with Crippen LogP contribution in [0.2, 0.25) is 0 Å². The van der Waals surface area contributed by atoms with Crippen LogP contribution in [-0.2, 0) is 19.6 Å². The second kappa shape index (κ2) is 5.79. The molecule has 5 nitrogen and oxygen atoms in total. The molecule has 1 N–H and O–H groups in total. The van der Waals surface area contributed by atoms with Crippen LogP contribution in [0.15, 0.2) is 0 Å². The molecule has 0 rings (SSSR count). The average molecular weight is 293 g/mol. The second-order valence-electron chi connectivity index (χ2n) is 6.99. The van der Waals surface area contributed by atoms with Crippen LogP contribution in [0.3, 0.4) is 0 Å². The molecule has 0 aliphatic carbocycles. The molecular formula is C13H27NO4S. The van der Waals surface area contributed by atoms with Crippen molar-refractivity contribution in [2.75, 3.05) is 0 Å². The zero-order valence-electron chi connectivity index (χ0n) is 13.2. The van der Waals surface area contributed by atoms with E-state index >= 15 is 0 Å². The van der Waals surface area contributed by atoms with Crippen LogP contribution in [0.5, 0.6) is 0 Å². The first kappa shape index (κ1) is 18.4. The summed E-state index contributed by atoms with van der Waals surface area (Å²) in [5.41, 5.74) is -0.641. The lowest BCUT2D eigenvalue weighted by Crippen LogP contribution is -2.51. The number of esters is 1. The van der Waals surface area contributed by atoms with Crippen molar-refractivity contribution < 1.29 is 17.9 Å². The van der Waals surface area contributed by atoms with E-state index in [2.05, 4.69) is 4.72 Å². The van der Waals surface area contributed by atoms with Gasteiger partial charge in [0.2, 0.25) is 10.0 Å². The Labute approximate surface area is 117 Å². The van der Waals surface area contributed by atoms with Crippen molar-refractivity contribution in [1.29, 1.82) is 0 Å². The number of sulfonamides is 1. The quantitative estimate of drug-likeness (QED) is 0.805. The normalized spacial score (nSPS) is 15.4. The molecular weight excluding hydrogens is 266 g/mol. The van der Waals surface area contributed by atoms with E-state index in [1.165, 1.54) is 0 Å². The molecule has 0 radical (unpaired) electrons. The Morgan fingerprint density at radius 2 is 1.47 bits per heavy atom. The van der Waals surface area contributed by atoms with Crippen LogP contribution >= 0.6 is 0 Å². The van der Waals surface area contributed by atoms with Gasteiger partial charge in [0.25, 0.3) is 0 Å². The summed E-state index contributed by atoms with van der Waals surface area (Å²) in [6.45, 7) is 13.6. The van der Waals surface area contributed by atoms with Gasteiger partial charge in [-0.15, -0.1) is 0 Å². The zero-order chi connectivity index (χ0) is 15.6. The van der Waals surface area contributed by atoms with E-state index in [1.54, 1.807) is 55.4 Å². The molecule has 19 heavy (non-hydrogen) atoms. The number of hydrogen-bond donors (Lipinski definition) is 1. The predicted molar refractivity (Wildman–Crippen MR) is 76.3 cm³/mol. The Balaban J connectivity index is 5.13. The van der Waals surface area contributed by atoms with Crippen LogP contribution in [0.4, 0.5) is 0 Å². The maximum Gasteiger partial charge on any atom is 0.324 e. The molecule has 0 fully saturated rings. The van der Waals surface area contributed by atoms with Gasteiger partial charge < -0.3 is 4.74 Å². The van der Waals surface area contributed by atoms with Crippen molar-refractivity contribution in [1.82, 2.24) is 4.72 Å². The van der Waals surface area contributed by atoms with Gasteiger partial charge in [0.15, 0.2) is 0 Å². The van der Waals surface area contributed by atoms with Crippen molar-refractivity contribution in [3.8, 4) is 0 Å². The van der Waals surface area contributed by atoms with Gasteiger partial charge in [-0.1, -0.05) is 13.8 Å². The largest absolute Gasteiger partial charge is 0.459 e. The third-order valence-corrected chi connectivity index (χ3v) is 4.59. The summed E-state index contributed by atoms with van der Waals surface area (Å²) in [4.78, 5) is 12.1. The molecule has 0 unspecified atom stereocenters. The Bertz CT molecular complexity index is 413. The molecule has 0 aromatic heterocycles. The first-order valence-corrected chi connectivity index (χ1v) is 7.90. The summed E-state index contributed by atoms with van der Waals surface area (Å²) < 4.78 is 31.0. The monoisotopic (exact) mass is 293 g/mol. The molecule has 0 aromatic carbocycles. The molecule has 6 heteroatoms. The lowest BCUT2D eigenvalue weighted by molar-refractivity contribution is -0.158. The van der Waals surface area contributed by atoms with Crippen molar-refractivity contribution in [2.45, 2.75) is 71.8 Å². The van der Waals surface area contributed by atoms with E-state index in [0.29, 0.717) is 0 Å². The Kier molecular flexibility index (Phi) is 5.60. The Morgan fingerprint density at radius 1 is 1.05 bits per heavy atom. The maximum atomic E-state index is 12.1. The molecule has 1 atom stereocenters. The molecule has 0 aromatic rings. The fraction of sp³-hybridized carbons (Fsp3) is 0.923. The van der Waals surface area contributed by atoms with Crippen LogP contribution in [0, 0.1) is 5.92 Å². The van der Waals surface area contributed by atoms with Gasteiger partial charge in [-0.25, -0.2) is 13.1 Å². The topological polar surface area (TPSA) is 72.5 Å². The zero-order valence-corrected chi connectivity index (χ0v) is 14.0. The summed E-state index contributed by atoms with van der Waals surface area (Å²) in [6, 6.07) is -0.872. The van der Waals surface area contributed by atoms with E-state index < -0.39 is 32.4 Å². The van der Waals surface area contributed by atoms with E-state index in [4.69, 9.17) is 4.74 Å². The highest BCUT2D eigenvalue weighted by Crippen LogP contribution is 2.18. The van der Waals surface area contributed by atoms with Gasteiger partial charge >= 0.3 is 5.97 Å². The van der Waals surface area contributed by atoms with Crippen LogP contribution in [-0.4, -0.2) is 30.8 Å². The first-order valence-electron chi connectivity index (χ1n) is 6.42. The SMILES string of the molecule is CC(C)[C@@H](NS(=O)(=O)C(C)(C)C)C(=O)OC(C)(C)C. The standard InChI is InChI=1S/C13H27NO4S/c1-9(2)10(11(15)18-12(3,4)5)14-19(16,17)13(6,7)8/h9-10,14H,1-8H3/t10-/m1/s1. The number of carbonyl (C=O) groups excluding carboxylic acids is 1. The van der Waals surface area contributed by atoms with Crippen molar-refractivity contribution in [2.24, 2.45) is 5.92 Å². The molecule has 0 aliphatic heterocycles. The highest BCUT2D eigenvalue weighted by molar-refractivity contribution is 7.90. The Morgan fingerprint density at radius 3 is 1.74 bits per heavy atom. The smallest absolute Gasteiger partial charge is 0.324 e. The van der Waals surface area contributed by atoms with Crippen molar-refractivity contribution in [3.63, 3.8) is 0 Å². The van der Waals surface area contributed by atoms with Crippen LogP contribution in [0.1, 0.15) is 55.4 Å². The summed E-state index contributed by atoms with van der Waals surface area (Å²) in [5.74, 6) is -0.734. The van der Waals surface area contributed by atoms with Crippen molar-refractivity contribution in [3.05, 3.63) is 0 Å². The van der Waals surface area contributed by atoms with Gasteiger partial charge in [-0.3, -0.25) is 4.79 Å². The van der Waals surface area contributed by atoms with E-state index in [-0.39, 0.29) is 5.92 Å².